The van der Waals surface area contributed by atoms with Crippen molar-refractivity contribution in [2.45, 2.75) is 58.5 Å². The van der Waals surface area contributed by atoms with Gasteiger partial charge in [-0.3, -0.25) is 9.48 Å². The third-order valence-corrected chi connectivity index (χ3v) is 6.98. The maximum atomic E-state index is 13.7. The molecule has 160 valence electrons. The minimum absolute atomic E-state index is 0.0635. The number of carbonyl (C=O) groups is 1. The van der Waals surface area contributed by atoms with Gasteiger partial charge in [-0.25, -0.2) is 0 Å². The van der Waals surface area contributed by atoms with Gasteiger partial charge in [-0.15, -0.1) is 0 Å². The molecule has 3 heterocycles. The molecule has 1 unspecified atom stereocenters. The van der Waals surface area contributed by atoms with Crippen LogP contribution in [0.5, 0.6) is 0 Å². The van der Waals surface area contributed by atoms with E-state index in [-0.39, 0.29) is 17.4 Å². The number of azo groups is 1. The van der Waals surface area contributed by atoms with Gasteiger partial charge in [-0.05, 0) is 42.4 Å². The number of allylic oxidation sites excluding steroid dienone is 3. The molecular weight excluding hydrogens is 386 g/mol. The molecule has 1 N–H and O–H groups in total. The Kier molecular flexibility index (Phi) is 4.33. The summed E-state index contributed by atoms with van der Waals surface area (Å²) in [6.45, 7) is 8.52. The van der Waals surface area contributed by atoms with Gasteiger partial charge in [-0.1, -0.05) is 39.0 Å². The second kappa shape index (κ2) is 6.74. The highest BCUT2D eigenvalue weighted by atomic mass is 16.1. The maximum Gasteiger partial charge on any atom is 0.165 e. The molecule has 2 aliphatic heterocycles. The van der Waals surface area contributed by atoms with Crippen molar-refractivity contribution in [3.8, 4) is 11.1 Å². The first-order valence-corrected chi connectivity index (χ1v) is 11.0. The lowest BCUT2D eigenvalue weighted by Crippen LogP contribution is -2.51. The van der Waals surface area contributed by atoms with Crippen molar-refractivity contribution < 1.29 is 4.79 Å². The standard InChI is InChI=1S/C25H29N5O/c1-6-25(18-9-7-8-16(10-18)17-13-26-30(5)14-17)21-15(2)28-29-23(21)27-19-11-24(3,4)12-20(31)22(19)25/h7-10,13-14,23,27H,6,11-12H2,1-5H3/t23?,25-/m0/s1. The number of rotatable bonds is 3. The average molecular weight is 416 g/mol. The quantitative estimate of drug-likeness (QED) is 0.763. The fraction of sp³-hybridized carbons (Fsp3) is 0.440. The van der Waals surface area contributed by atoms with E-state index in [1.54, 1.807) is 0 Å². The Balaban J connectivity index is 1.77. The van der Waals surface area contributed by atoms with E-state index in [9.17, 15) is 4.79 Å². The van der Waals surface area contributed by atoms with Crippen LogP contribution in [-0.4, -0.2) is 21.7 Å². The molecule has 1 aromatic carbocycles. The molecule has 5 rings (SSSR count). The van der Waals surface area contributed by atoms with E-state index in [0.29, 0.717) is 6.42 Å². The molecule has 0 spiro atoms. The molecule has 2 aromatic rings. The third kappa shape index (κ3) is 2.92. The van der Waals surface area contributed by atoms with Crippen LogP contribution in [0.15, 0.2) is 69.4 Å². The number of benzene rings is 1. The fourth-order valence-electron chi connectivity index (χ4n) is 5.74. The predicted molar refractivity (Wildman–Crippen MR) is 120 cm³/mol. The lowest BCUT2D eigenvalue weighted by molar-refractivity contribution is -0.119. The van der Waals surface area contributed by atoms with Crippen molar-refractivity contribution in [1.29, 1.82) is 0 Å². The van der Waals surface area contributed by atoms with Gasteiger partial charge in [0.15, 0.2) is 11.9 Å². The number of nitrogens with zero attached hydrogens (tertiary/aromatic N) is 4. The van der Waals surface area contributed by atoms with Gasteiger partial charge in [0.1, 0.15) is 0 Å². The van der Waals surface area contributed by atoms with Crippen LogP contribution in [0.4, 0.5) is 0 Å². The number of nitrogens with one attached hydrogen (secondary N) is 1. The summed E-state index contributed by atoms with van der Waals surface area (Å²) < 4.78 is 1.81. The summed E-state index contributed by atoms with van der Waals surface area (Å²) in [5.41, 5.74) is 6.69. The van der Waals surface area contributed by atoms with Gasteiger partial charge < -0.3 is 5.32 Å². The van der Waals surface area contributed by atoms with Crippen LogP contribution in [0.3, 0.4) is 0 Å². The maximum absolute atomic E-state index is 13.7. The van der Waals surface area contributed by atoms with E-state index < -0.39 is 5.41 Å². The van der Waals surface area contributed by atoms with Crippen molar-refractivity contribution in [2.75, 3.05) is 0 Å². The number of ketones is 1. The normalized spacial score (nSPS) is 26.7. The number of carbonyl (C=O) groups excluding carboxylic acids is 1. The van der Waals surface area contributed by atoms with Crippen LogP contribution in [-0.2, 0) is 17.3 Å². The van der Waals surface area contributed by atoms with E-state index >= 15 is 0 Å². The van der Waals surface area contributed by atoms with Crippen LogP contribution in [0, 0.1) is 5.41 Å². The Morgan fingerprint density at radius 1 is 1.23 bits per heavy atom. The van der Waals surface area contributed by atoms with Crippen LogP contribution < -0.4 is 5.32 Å². The number of aryl methyl sites for hydroxylation is 1. The van der Waals surface area contributed by atoms with Gasteiger partial charge in [-0.2, -0.15) is 15.3 Å². The molecule has 0 amide bonds. The number of hydrogen-bond acceptors (Lipinski definition) is 5. The Labute approximate surface area is 183 Å². The van der Waals surface area contributed by atoms with Crippen molar-refractivity contribution in [3.63, 3.8) is 0 Å². The number of Topliss-reactive ketones (excluding diaryl/α,β-unsaturated/α-hetero) is 1. The van der Waals surface area contributed by atoms with Gasteiger partial charge in [0.25, 0.3) is 0 Å². The molecule has 6 nitrogen and oxygen atoms in total. The number of aromatic nitrogens is 2. The molecule has 31 heavy (non-hydrogen) atoms. The first-order chi connectivity index (χ1) is 14.7. The lowest BCUT2D eigenvalue weighted by Gasteiger charge is -2.48. The summed E-state index contributed by atoms with van der Waals surface area (Å²) in [5, 5.41) is 16.9. The zero-order valence-corrected chi connectivity index (χ0v) is 18.9. The largest absolute Gasteiger partial charge is 0.362 e. The van der Waals surface area contributed by atoms with E-state index in [1.807, 2.05) is 31.0 Å². The molecule has 1 aliphatic carbocycles. The summed E-state index contributed by atoms with van der Waals surface area (Å²) in [6, 6.07) is 8.57. The Morgan fingerprint density at radius 2 is 2.03 bits per heavy atom. The number of fused-ring (bicyclic) bond motifs is 1. The van der Waals surface area contributed by atoms with Crippen LogP contribution >= 0.6 is 0 Å². The Bertz CT molecular complexity index is 1180. The highest BCUT2D eigenvalue weighted by molar-refractivity contribution is 6.01. The van der Waals surface area contributed by atoms with Crippen molar-refractivity contribution in [3.05, 3.63) is 64.8 Å². The summed E-state index contributed by atoms with van der Waals surface area (Å²) in [7, 11) is 1.92. The molecule has 6 heteroatoms. The van der Waals surface area contributed by atoms with Gasteiger partial charge in [0, 0.05) is 42.1 Å². The fourth-order valence-corrected chi connectivity index (χ4v) is 5.74. The Morgan fingerprint density at radius 3 is 2.74 bits per heavy atom. The Hall–Kier alpha value is -3.02. The molecule has 0 fully saturated rings. The van der Waals surface area contributed by atoms with Gasteiger partial charge in [0.2, 0.25) is 0 Å². The zero-order chi connectivity index (χ0) is 22.0. The highest BCUT2D eigenvalue weighted by Gasteiger charge is 2.53. The second-order valence-electron chi connectivity index (χ2n) is 9.80. The van der Waals surface area contributed by atoms with Crippen molar-refractivity contribution >= 4 is 5.78 Å². The highest BCUT2D eigenvalue weighted by Crippen LogP contribution is 2.55. The molecule has 0 radical (unpaired) electrons. The molecule has 2 atom stereocenters. The predicted octanol–water partition coefficient (Wildman–Crippen LogP) is 5.05. The smallest absolute Gasteiger partial charge is 0.165 e. The molecule has 0 saturated carbocycles. The van der Waals surface area contributed by atoms with E-state index in [1.165, 1.54) is 0 Å². The lowest BCUT2D eigenvalue weighted by atomic mass is 9.58. The summed E-state index contributed by atoms with van der Waals surface area (Å²) in [4.78, 5) is 13.7. The van der Waals surface area contributed by atoms with Crippen molar-refractivity contribution in [2.24, 2.45) is 22.7 Å². The SMILES string of the molecule is CC[C@@]1(c2cccc(-c3cnn(C)c3)c2)C2=C(CC(C)(C)CC2=O)NC2N=NC(C)=C21. The monoisotopic (exact) mass is 415 g/mol. The first kappa shape index (κ1) is 19.9. The van der Waals surface area contributed by atoms with Crippen LogP contribution in [0.2, 0.25) is 0 Å². The zero-order valence-electron chi connectivity index (χ0n) is 18.9. The minimum Gasteiger partial charge on any atom is -0.362 e. The molecule has 1 aromatic heterocycles. The second-order valence-corrected chi connectivity index (χ2v) is 9.80. The van der Waals surface area contributed by atoms with E-state index in [0.717, 1.165) is 52.1 Å². The summed E-state index contributed by atoms with van der Waals surface area (Å²) >= 11 is 0. The summed E-state index contributed by atoms with van der Waals surface area (Å²) in [5.74, 6) is 0.234. The first-order valence-electron chi connectivity index (χ1n) is 11.0. The molecule has 0 bridgehead atoms. The molecular formula is C25H29N5O. The van der Waals surface area contributed by atoms with Crippen LogP contribution in [0.1, 0.15) is 52.5 Å². The van der Waals surface area contributed by atoms with Gasteiger partial charge >= 0.3 is 0 Å². The average Bonchev–Trinajstić information content (AvgIpc) is 3.31. The third-order valence-electron chi connectivity index (χ3n) is 6.98. The summed E-state index contributed by atoms with van der Waals surface area (Å²) in [6.07, 6.45) is 5.88. The van der Waals surface area contributed by atoms with E-state index in [4.69, 9.17) is 0 Å². The topological polar surface area (TPSA) is 71.6 Å². The minimum atomic E-state index is -0.523. The van der Waals surface area contributed by atoms with Gasteiger partial charge in [0.05, 0.1) is 17.3 Å². The molecule has 3 aliphatic rings. The van der Waals surface area contributed by atoms with Crippen LogP contribution in [0.25, 0.3) is 11.1 Å². The van der Waals surface area contributed by atoms with Crippen molar-refractivity contribution in [1.82, 2.24) is 15.1 Å². The molecule has 0 saturated heterocycles. The number of hydrogen-bond donors (Lipinski definition) is 1. The van der Waals surface area contributed by atoms with E-state index in [2.05, 4.69) is 65.7 Å².